The minimum absolute atomic E-state index is 0.230. The van der Waals surface area contributed by atoms with Crippen molar-refractivity contribution in [3.8, 4) is 0 Å². The molecule has 0 aliphatic heterocycles. The Bertz CT molecular complexity index is 907. The molecule has 1 heterocycles. The van der Waals surface area contributed by atoms with E-state index < -0.39 is 36.8 Å². The van der Waals surface area contributed by atoms with E-state index in [1.165, 1.54) is 0 Å². The quantitative estimate of drug-likeness (QED) is 0.232. The van der Waals surface area contributed by atoms with Crippen LogP contribution in [0, 0.1) is 0 Å². The van der Waals surface area contributed by atoms with E-state index in [-0.39, 0.29) is 16.0 Å². The number of hydrogen-bond donors (Lipinski definition) is 0. The first-order valence-corrected chi connectivity index (χ1v) is 20.4. The van der Waals surface area contributed by atoms with Crippen LogP contribution in [-0.4, -0.2) is 39.4 Å². The Morgan fingerprint density at radius 2 is 0.576 bits per heavy atom. The number of alkyl halides is 15. The molecule has 1 rings (SSSR count). The van der Waals surface area contributed by atoms with Gasteiger partial charge in [0.15, 0.2) is 10.1 Å². The van der Waals surface area contributed by atoms with E-state index in [1.807, 2.05) is 0 Å². The van der Waals surface area contributed by atoms with E-state index in [0.29, 0.717) is 0 Å². The highest BCUT2D eigenvalue weighted by atomic mass is 79.9. The molecule has 0 bridgehead atoms. The summed E-state index contributed by atoms with van der Waals surface area (Å²) in [7, 11) is 0. The van der Waals surface area contributed by atoms with E-state index in [0.717, 1.165) is 13.7 Å². The Morgan fingerprint density at radius 3 is 0.697 bits per heavy atom. The largest absolute Gasteiger partial charge is 0.340 e. The van der Waals surface area contributed by atoms with Crippen LogP contribution in [0.4, 0.5) is 0 Å². The lowest BCUT2D eigenvalue weighted by molar-refractivity contribution is 0.405. The molecule has 6 nitrogen and oxygen atoms in total. The Hall–Kier alpha value is 5.61. The topological polar surface area (TPSA) is 66.0 Å². The van der Waals surface area contributed by atoms with Crippen LogP contribution >= 0.6 is 239 Å². The molecule has 0 aliphatic carbocycles. The molecule has 0 spiro atoms. The van der Waals surface area contributed by atoms with Gasteiger partial charge in [0.05, 0.1) is 0 Å². The predicted molar refractivity (Wildman–Crippen MR) is 190 cm³/mol. The van der Waals surface area contributed by atoms with Gasteiger partial charge in [-0.25, -0.2) is 28.1 Å². The summed E-state index contributed by atoms with van der Waals surface area (Å²) in [6.45, 7) is 0. The van der Waals surface area contributed by atoms with E-state index in [4.69, 9.17) is 0 Å². The zero-order valence-corrected chi connectivity index (χ0v) is 38.6. The highest BCUT2D eigenvalue weighted by molar-refractivity contribution is 9.31. The van der Waals surface area contributed by atoms with Gasteiger partial charge >= 0.3 is 17.1 Å². The molecule has 192 valence electrons. The Kier molecular flexibility index (Phi) is 14.3. The minimum Gasteiger partial charge on any atom is -0.247 e. The van der Waals surface area contributed by atoms with Crippen molar-refractivity contribution >= 4 is 239 Å². The summed E-state index contributed by atoms with van der Waals surface area (Å²) < 4.78 is -5.53. The first-order valence-electron chi connectivity index (χ1n) is 7.51. The number of hydrogen-bond acceptors (Lipinski definition) is 3. The highest BCUT2D eigenvalue weighted by Gasteiger charge is 2.55. The first-order chi connectivity index (χ1) is 14.5. The van der Waals surface area contributed by atoms with Crippen molar-refractivity contribution < 1.29 is 0 Å². The second kappa shape index (κ2) is 12.9. The standard InChI is InChI=1S/C12H6Br15N3O3/c13-1-7(16,17)10(22,23)28-4(31)29(11(24,25)8(18,19)2-14)6(33)30(5(28)32)12(26,27)9(20,21)3-15/h1-3H2. The SMILES string of the molecule is O=c1n(C(Br)(Br)C(Br)(Br)CBr)c(=O)n(C(Br)(Br)C(Br)(Br)CBr)c(=O)n1C(Br)(Br)C(Br)(Br)CBr. The van der Waals surface area contributed by atoms with Crippen molar-refractivity contribution in [2.45, 2.75) is 19.8 Å². The van der Waals surface area contributed by atoms with Gasteiger partial charge in [-0.15, -0.1) is 0 Å². The summed E-state index contributed by atoms with van der Waals surface area (Å²) in [4.78, 5) is 41.5. The average molecular weight is 1440 g/mol. The Balaban J connectivity index is 4.52. The van der Waals surface area contributed by atoms with Gasteiger partial charge in [-0.1, -0.05) is 143 Å². The van der Waals surface area contributed by atoms with Crippen LogP contribution < -0.4 is 17.1 Å². The van der Waals surface area contributed by atoms with Gasteiger partial charge in [-0.3, -0.25) is 0 Å². The monoisotopic (exact) mass is 1420 g/mol. The summed E-state index contributed by atoms with van der Waals surface area (Å²) in [5.74, 6) is 0. The molecule has 1 aromatic rings. The van der Waals surface area contributed by atoms with Gasteiger partial charge in [0.2, 0.25) is 0 Å². The summed E-state index contributed by atoms with van der Waals surface area (Å²) in [5.41, 5.74) is -2.87. The van der Waals surface area contributed by atoms with Crippen molar-refractivity contribution in [3.63, 3.8) is 0 Å². The number of halogens is 15. The molecular formula is C12H6Br15N3O3. The Morgan fingerprint density at radius 1 is 0.424 bits per heavy atom. The molecule has 1 aromatic heterocycles. The molecule has 0 atom stereocenters. The van der Waals surface area contributed by atoms with E-state index in [2.05, 4.69) is 239 Å². The van der Waals surface area contributed by atoms with Crippen LogP contribution in [0.3, 0.4) is 0 Å². The zero-order valence-electron chi connectivity index (χ0n) is 14.9. The third-order valence-electron chi connectivity index (χ3n) is 3.81. The van der Waals surface area contributed by atoms with Crippen molar-refractivity contribution in [2.24, 2.45) is 0 Å². The first kappa shape index (κ1) is 36.6. The summed E-state index contributed by atoms with van der Waals surface area (Å²) >= 11 is 51.4. The molecule has 0 radical (unpaired) electrons. The van der Waals surface area contributed by atoms with Gasteiger partial charge in [0, 0.05) is 16.0 Å². The van der Waals surface area contributed by atoms with Gasteiger partial charge in [0.25, 0.3) is 0 Å². The van der Waals surface area contributed by atoms with Crippen molar-refractivity contribution in [1.82, 2.24) is 13.7 Å². The molecule has 0 saturated heterocycles. The fourth-order valence-electron chi connectivity index (χ4n) is 2.00. The van der Waals surface area contributed by atoms with Crippen molar-refractivity contribution in [1.29, 1.82) is 0 Å². The molecular weight excluding hydrogens is 1430 g/mol. The summed E-state index contributed by atoms with van der Waals surface area (Å²) in [6.07, 6.45) is 0. The molecule has 0 aromatic carbocycles. The lowest BCUT2D eigenvalue weighted by Crippen LogP contribution is -2.67. The van der Waals surface area contributed by atoms with Crippen molar-refractivity contribution in [3.05, 3.63) is 31.5 Å². The molecule has 0 amide bonds. The molecule has 0 N–H and O–H groups in total. The maximum atomic E-state index is 13.8. The van der Waals surface area contributed by atoms with E-state index >= 15 is 0 Å². The van der Waals surface area contributed by atoms with Crippen LogP contribution in [0.25, 0.3) is 0 Å². The normalized spacial score (nSPS) is 14.6. The average Bonchev–Trinajstić information content (AvgIpc) is 2.66. The van der Waals surface area contributed by atoms with Gasteiger partial charge in [-0.05, 0) is 95.6 Å². The lowest BCUT2D eigenvalue weighted by Gasteiger charge is -2.40. The van der Waals surface area contributed by atoms with E-state index in [9.17, 15) is 14.4 Å². The second-order valence-corrected chi connectivity index (χ2v) is 29.1. The third kappa shape index (κ3) is 6.82. The molecule has 21 heteroatoms. The van der Waals surface area contributed by atoms with Gasteiger partial charge in [-0.2, -0.15) is 0 Å². The lowest BCUT2D eigenvalue weighted by atomic mass is 10.4. The van der Waals surface area contributed by atoms with Crippen LogP contribution in [0.1, 0.15) is 0 Å². The molecule has 0 aliphatic rings. The van der Waals surface area contributed by atoms with Crippen LogP contribution in [0.2, 0.25) is 0 Å². The molecule has 33 heavy (non-hydrogen) atoms. The third-order valence-corrected chi connectivity index (χ3v) is 28.6. The Labute approximate surface area is 314 Å². The number of nitrogens with zero attached hydrogens (tertiary/aromatic N) is 3. The number of aromatic nitrogens is 3. The predicted octanol–water partition coefficient (Wildman–Crippen LogP) is 9.01. The fraction of sp³-hybridized carbons (Fsp3) is 0.750. The maximum absolute atomic E-state index is 13.8. The van der Waals surface area contributed by atoms with Gasteiger partial charge < -0.3 is 0 Å². The minimum atomic E-state index is -1.57. The van der Waals surface area contributed by atoms with Crippen LogP contribution in [0.5, 0.6) is 0 Å². The molecule has 0 fully saturated rings. The maximum Gasteiger partial charge on any atom is 0.340 e. The smallest absolute Gasteiger partial charge is 0.247 e. The highest BCUT2D eigenvalue weighted by Crippen LogP contribution is 2.55. The zero-order chi connectivity index (χ0) is 26.6. The molecule has 0 saturated carbocycles. The van der Waals surface area contributed by atoms with Gasteiger partial charge in [0.1, 0.15) is 9.70 Å². The summed E-state index contributed by atoms with van der Waals surface area (Å²) in [6, 6.07) is 0. The van der Waals surface area contributed by atoms with Crippen LogP contribution in [0.15, 0.2) is 14.4 Å². The second-order valence-electron chi connectivity index (χ2n) is 5.99. The fourth-order valence-corrected chi connectivity index (χ4v) is 9.20. The summed E-state index contributed by atoms with van der Waals surface area (Å²) in [5, 5.41) is 0.689. The molecule has 0 unspecified atom stereocenters. The number of rotatable bonds is 9. The van der Waals surface area contributed by atoms with Crippen LogP contribution in [-0.2, 0) is 10.1 Å². The van der Waals surface area contributed by atoms with Crippen molar-refractivity contribution in [2.75, 3.05) is 16.0 Å². The van der Waals surface area contributed by atoms with E-state index in [1.54, 1.807) is 0 Å².